The highest BCUT2D eigenvalue weighted by atomic mass is 35.5. The molecule has 0 aliphatic carbocycles. The minimum atomic E-state index is -0.331. The number of ether oxygens (including phenoxy) is 1. The molecular formula is C20H18ClN3O3. The van der Waals surface area contributed by atoms with Crippen LogP contribution in [-0.4, -0.2) is 28.2 Å². The molecular weight excluding hydrogens is 366 g/mol. The standard InChI is InChI=1S/C20H18ClN3O3/c1-3-26-14-6-7-16-13(9-14)10-15(20(21)22-16)18-11-17(19-5-4-8-27-19)23-24(18)12(2)25/h4-10,18H,3,11H2,1-2H3. The minimum absolute atomic E-state index is 0.166. The number of benzene rings is 1. The first-order valence-electron chi connectivity index (χ1n) is 8.71. The van der Waals surface area contributed by atoms with Crippen LogP contribution in [0.1, 0.15) is 37.6 Å². The zero-order valence-corrected chi connectivity index (χ0v) is 15.7. The van der Waals surface area contributed by atoms with E-state index in [2.05, 4.69) is 10.1 Å². The van der Waals surface area contributed by atoms with Crippen LogP contribution in [0.25, 0.3) is 10.9 Å². The number of aromatic nitrogens is 1. The topological polar surface area (TPSA) is 67.9 Å². The second kappa shape index (κ2) is 7.04. The van der Waals surface area contributed by atoms with Gasteiger partial charge in [-0.25, -0.2) is 9.99 Å². The van der Waals surface area contributed by atoms with Crippen LogP contribution in [0.5, 0.6) is 5.75 Å². The lowest BCUT2D eigenvalue weighted by Crippen LogP contribution is -2.24. The van der Waals surface area contributed by atoms with E-state index in [0.717, 1.165) is 22.2 Å². The van der Waals surface area contributed by atoms with Gasteiger partial charge in [-0.05, 0) is 43.3 Å². The Balaban J connectivity index is 1.76. The van der Waals surface area contributed by atoms with E-state index in [1.807, 2.05) is 37.3 Å². The molecule has 6 nitrogen and oxygen atoms in total. The lowest BCUT2D eigenvalue weighted by atomic mass is 10.0. The van der Waals surface area contributed by atoms with Gasteiger partial charge in [-0.15, -0.1) is 0 Å². The van der Waals surface area contributed by atoms with Crippen molar-refractivity contribution in [3.8, 4) is 5.75 Å². The normalized spacial score (nSPS) is 16.6. The Morgan fingerprint density at radius 1 is 1.37 bits per heavy atom. The highest BCUT2D eigenvalue weighted by Crippen LogP contribution is 2.37. The predicted molar refractivity (Wildman–Crippen MR) is 103 cm³/mol. The quantitative estimate of drug-likeness (QED) is 0.618. The van der Waals surface area contributed by atoms with E-state index in [1.54, 1.807) is 12.3 Å². The van der Waals surface area contributed by atoms with Gasteiger partial charge in [0, 0.05) is 24.3 Å². The molecule has 0 fully saturated rings. The number of fused-ring (bicyclic) bond motifs is 1. The Labute approximate surface area is 161 Å². The molecule has 0 radical (unpaired) electrons. The maximum Gasteiger partial charge on any atom is 0.240 e. The van der Waals surface area contributed by atoms with Crippen molar-refractivity contribution in [2.45, 2.75) is 26.3 Å². The summed E-state index contributed by atoms with van der Waals surface area (Å²) >= 11 is 6.47. The van der Waals surface area contributed by atoms with Gasteiger partial charge in [-0.3, -0.25) is 4.79 Å². The Hall–Kier alpha value is -2.86. The third-order valence-electron chi connectivity index (χ3n) is 4.48. The number of furan rings is 1. The molecule has 0 spiro atoms. The minimum Gasteiger partial charge on any atom is -0.494 e. The third kappa shape index (κ3) is 3.28. The summed E-state index contributed by atoms with van der Waals surface area (Å²) in [6, 6.07) is 10.9. The van der Waals surface area contributed by atoms with E-state index in [9.17, 15) is 4.79 Å². The SMILES string of the molecule is CCOc1ccc2nc(Cl)c(C3CC(c4ccco4)=NN3C(C)=O)cc2c1. The van der Waals surface area contributed by atoms with Crippen LogP contribution >= 0.6 is 11.6 Å². The van der Waals surface area contributed by atoms with Gasteiger partial charge in [-0.1, -0.05) is 11.6 Å². The molecule has 1 aliphatic rings. The zero-order valence-electron chi connectivity index (χ0n) is 15.0. The van der Waals surface area contributed by atoms with Gasteiger partial charge < -0.3 is 9.15 Å². The van der Waals surface area contributed by atoms with Gasteiger partial charge in [0.1, 0.15) is 22.4 Å². The average molecular weight is 384 g/mol. The first-order valence-corrected chi connectivity index (χ1v) is 9.08. The summed E-state index contributed by atoms with van der Waals surface area (Å²) in [6.45, 7) is 4.00. The first-order chi connectivity index (χ1) is 13.1. The van der Waals surface area contributed by atoms with Gasteiger partial charge in [0.05, 0.1) is 24.4 Å². The fourth-order valence-corrected chi connectivity index (χ4v) is 3.54. The number of pyridine rings is 1. The molecule has 0 N–H and O–H groups in total. The summed E-state index contributed by atoms with van der Waals surface area (Å²) in [6.07, 6.45) is 2.09. The average Bonchev–Trinajstić information content (AvgIpc) is 3.31. The predicted octanol–water partition coefficient (Wildman–Crippen LogP) is 4.58. The maximum absolute atomic E-state index is 12.2. The summed E-state index contributed by atoms with van der Waals surface area (Å²) in [7, 11) is 0. The van der Waals surface area contributed by atoms with Crippen molar-refractivity contribution in [1.82, 2.24) is 9.99 Å². The lowest BCUT2D eigenvalue weighted by Gasteiger charge is -2.21. The summed E-state index contributed by atoms with van der Waals surface area (Å²) in [5.74, 6) is 1.25. The van der Waals surface area contributed by atoms with Crippen LogP contribution in [-0.2, 0) is 4.79 Å². The monoisotopic (exact) mass is 383 g/mol. The van der Waals surface area contributed by atoms with E-state index in [4.69, 9.17) is 20.8 Å². The van der Waals surface area contributed by atoms with Crippen LogP contribution in [0.4, 0.5) is 0 Å². The summed E-state index contributed by atoms with van der Waals surface area (Å²) < 4.78 is 11.0. The fourth-order valence-electron chi connectivity index (χ4n) is 3.27. The highest BCUT2D eigenvalue weighted by molar-refractivity contribution is 6.30. The fraction of sp³-hybridized carbons (Fsp3) is 0.250. The second-order valence-corrected chi connectivity index (χ2v) is 6.62. The van der Waals surface area contributed by atoms with Gasteiger partial charge >= 0.3 is 0 Å². The molecule has 1 unspecified atom stereocenters. The van der Waals surface area contributed by atoms with Crippen LogP contribution in [0.3, 0.4) is 0 Å². The van der Waals surface area contributed by atoms with Crippen molar-refractivity contribution >= 4 is 34.1 Å². The lowest BCUT2D eigenvalue weighted by molar-refractivity contribution is -0.130. The Bertz CT molecular complexity index is 1030. The molecule has 27 heavy (non-hydrogen) atoms. The number of nitrogens with zero attached hydrogens (tertiary/aromatic N) is 3. The number of carbonyl (C=O) groups is 1. The molecule has 1 atom stereocenters. The number of carbonyl (C=O) groups excluding carboxylic acids is 1. The summed E-state index contributed by atoms with van der Waals surface area (Å²) in [4.78, 5) is 16.7. The van der Waals surface area contributed by atoms with E-state index in [1.165, 1.54) is 11.9 Å². The molecule has 3 heterocycles. The molecule has 1 amide bonds. The van der Waals surface area contributed by atoms with Gasteiger partial charge in [0.15, 0.2) is 0 Å². The van der Waals surface area contributed by atoms with Gasteiger partial charge in [-0.2, -0.15) is 5.10 Å². The van der Waals surface area contributed by atoms with E-state index in [-0.39, 0.29) is 11.9 Å². The van der Waals surface area contributed by atoms with Crippen molar-refractivity contribution < 1.29 is 13.9 Å². The first kappa shape index (κ1) is 17.5. The molecule has 0 saturated heterocycles. The molecule has 1 aliphatic heterocycles. The van der Waals surface area contributed by atoms with E-state index < -0.39 is 0 Å². The van der Waals surface area contributed by atoms with Crippen LogP contribution in [0, 0.1) is 0 Å². The molecule has 0 saturated carbocycles. The summed E-state index contributed by atoms with van der Waals surface area (Å²) in [5, 5.41) is 7.15. The Morgan fingerprint density at radius 2 is 2.22 bits per heavy atom. The van der Waals surface area contributed by atoms with Gasteiger partial charge in [0.25, 0.3) is 0 Å². The number of rotatable bonds is 4. The molecule has 4 rings (SSSR count). The van der Waals surface area contributed by atoms with Crippen molar-refractivity contribution in [3.63, 3.8) is 0 Å². The zero-order chi connectivity index (χ0) is 19.0. The van der Waals surface area contributed by atoms with E-state index in [0.29, 0.717) is 29.7 Å². The number of hydrogen-bond donors (Lipinski definition) is 0. The smallest absolute Gasteiger partial charge is 0.240 e. The third-order valence-corrected chi connectivity index (χ3v) is 4.78. The second-order valence-electron chi connectivity index (χ2n) is 6.26. The van der Waals surface area contributed by atoms with E-state index >= 15 is 0 Å². The van der Waals surface area contributed by atoms with Crippen LogP contribution in [0.15, 0.2) is 52.2 Å². The van der Waals surface area contributed by atoms with Crippen molar-refractivity contribution in [2.75, 3.05) is 6.61 Å². The number of hydrogen-bond acceptors (Lipinski definition) is 5. The number of amides is 1. The molecule has 7 heteroatoms. The van der Waals surface area contributed by atoms with Gasteiger partial charge in [0.2, 0.25) is 5.91 Å². The van der Waals surface area contributed by atoms with Crippen LogP contribution in [0.2, 0.25) is 5.15 Å². The molecule has 0 bridgehead atoms. The molecule has 2 aromatic heterocycles. The Kier molecular flexibility index (Phi) is 4.58. The highest BCUT2D eigenvalue weighted by Gasteiger charge is 2.34. The van der Waals surface area contributed by atoms with Crippen molar-refractivity contribution in [1.29, 1.82) is 0 Å². The maximum atomic E-state index is 12.2. The Morgan fingerprint density at radius 3 is 2.93 bits per heavy atom. The number of halogens is 1. The molecule has 138 valence electrons. The molecule has 3 aromatic rings. The van der Waals surface area contributed by atoms with Crippen molar-refractivity contribution in [3.05, 3.63) is 59.1 Å². The largest absolute Gasteiger partial charge is 0.494 e. The van der Waals surface area contributed by atoms with Crippen LogP contribution < -0.4 is 4.74 Å². The van der Waals surface area contributed by atoms with Crippen molar-refractivity contribution in [2.24, 2.45) is 5.10 Å². The number of hydrazone groups is 1. The summed E-state index contributed by atoms with van der Waals surface area (Å²) in [5.41, 5.74) is 2.23. The molecule has 1 aromatic carbocycles.